The fraction of sp³-hybridized carbons (Fsp3) is 0.400. The van der Waals surface area contributed by atoms with Gasteiger partial charge in [-0.2, -0.15) is 11.8 Å². The van der Waals surface area contributed by atoms with Gasteiger partial charge in [-0.25, -0.2) is 4.39 Å². The van der Waals surface area contributed by atoms with Crippen molar-refractivity contribution in [1.29, 1.82) is 0 Å². The summed E-state index contributed by atoms with van der Waals surface area (Å²) in [5, 5.41) is 3.26. The molecule has 4 heteroatoms. The maximum absolute atomic E-state index is 13.1. The number of hydrogen-bond donors (Lipinski definition) is 1. The van der Waals surface area contributed by atoms with Gasteiger partial charge in [0, 0.05) is 18.0 Å². The van der Waals surface area contributed by atoms with Gasteiger partial charge in [0.2, 0.25) is 0 Å². The van der Waals surface area contributed by atoms with E-state index < -0.39 is 0 Å². The maximum Gasteiger partial charge on any atom is 0.137 e. The highest BCUT2D eigenvalue weighted by molar-refractivity contribution is 9.10. The molecule has 1 aromatic carbocycles. The Balaban J connectivity index is 2.72. The Labute approximate surface area is 96.6 Å². The van der Waals surface area contributed by atoms with E-state index in [4.69, 9.17) is 0 Å². The van der Waals surface area contributed by atoms with Crippen molar-refractivity contribution in [2.75, 3.05) is 23.9 Å². The average molecular weight is 278 g/mol. The Morgan fingerprint density at radius 3 is 2.86 bits per heavy atom. The van der Waals surface area contributed by atoms with Gasteiger partial charge in [-0.1, -0.05) is 0 Å². The van der Waals surface area contributed by atoms with Gasteiger partial charge in [0.25, 0.3) is 0 Å². The second kappa shape index (κ2) is 5.61. The van der Waals surface area contributed by atoms with Gasteiger partial charge in [-0.3, -0.25) is 0 Å². The van der Waals surface area contributed by atoms with Crippen LogP contribution in [0.5, 0.6) is 0 Å². The van der Waals surface area contributed by atoms with Crippen LogP contribution in [0.3, 0.4) is 0 Å². The lowest BCUT2D eigenvalue weighted by atomic mass is 10.2. The quantitative estimate of drug-likeness (QED) is 0.843. The molecule has 0 unspecified atom stereocenters. The number of halogens is 2. The molecule has 0 aliphatic heterocycles. The van der Waals surface area contributed by atoms with E-state index in [1.54, 1.807) is 17.8 Å². The molecule has 0 atom stereocenters. The Hall–Kier alpha value is -0.220. The van der Waals surface area contributed by atoms with Crippen LogP contribution in [0, 0.1) is 12.7 Å². The van der Waals surface area contributed by atoms with Crippen molar-refractivity contribution in [3.63, 3.8) is 0 Å². The van der Waals surface area contributed by atoms with Crippen LogP contribution in [0.2, 0.25) is 0 Å². The number of anilines is 1. The molecule has 1 rings (SSSR count). The molecule has 0 radical (unpaired) electrons. The van der Waals surface area contributed by atoms with Crippen molar-refractivity contribution < 1.29 is 4.39 Å². The van der Waals surface area contributed by atoms with Gasteiger partial charge in [0.15, 0.2) is 0 Å². The minimum absolute atomic E-state index is 0.210. The summed E-state index contributed by atoms with van der Waals surface area (Å²) in [5.74, 6) is 0.840. The van der Waals surface area contributed by atoms with Crippen LogP contribution in [-0.2, 0) is 0 Å². The number of benzene rings is 1. The van der Waals surface area contributed by atoms with Gasteiger partial charge >= 0.3 is 0 Å². The fourth-order valence-corrected chi connectivity index (χ4v) is 1.77. The smallest absolute Gasteiger partial charge is 0.137 e. The summed E-state index contributed by atoms with van der Waals surface area (Å²) in [5.41, 5.74) is 1.93. The molecule has 0 aliphatic rings. The monoisotopic (exact) mass is 277 g/mol. The number of hydrogen-bond acceptors (Lipinski definition) is 2. The highest BCUT2D eigenvalue weighted by Gasteiger charge is 2.04. The van der Waals surface area contributed by atoms with Gasteiger partial charge < -0.3 is 5.32 Å². The van der Waals surface area contributed by atoms with E-state index in [1.165, 1.54) is 6.07 Å². The van der Waals surface area contributed by atoms with Crippen molar-refractivity contribution in [2.45, 2.75) is 6.92 Å². The lowest BCUT2D eigenvalue weighted by Crippen LogP contribution is -2.05. The Morgan fingerprint density at radius 2 is 2.21 bits per heavy atom. The van der Waals surface area contributed by atoms with E-state index >= 15 is 0 Å². The number of aryl methyl sites for hydroxylation is 1. The first-order valence-electron chi connectivity index (χ1n) is 4.33. The van der Waals surface area contributed by atoms with E-state index in [-0.39, 0.29) is 5.82 Å². The predicted octanol–water partition coefficient (Wildman–Crippen LogP) is 3.67. The van der Waals surface area contributed by atoms with Crippen molar-refractivity contribution in [3.05, 3.63) is 28.0 Å². The molecule has 1 aromatic rings. The largest absolute Gasteiger partial charge is 0.384 e. The first-order valence-corrected chi connectivity index (χ1v) is 6.52. The Morgan fingerprint density at radius 1 is 1.50 bits per heavy atom. The highest BCUT2D eigenvalue weighted by Crippen LogP contribution is 2.24. The third-order valence-electron chi connectivity index (χ3n) is 1.89. The van der Waals surface area contributed by atoms with E-state index in [0.29, 0.717) is 4.47 Å². The summed E-state index contributed by atoms with van der Waals surface area (Å²) >= 11 is 4.95. The zero-order valence-corrected chi connectivity index (χ0v) is 10.6. The van der Waals surface area contributed by atoms with Crippen LogP contribution in [0.1, 0.15) is 5.56 Å². The summed E-state index contributed by atoms with van der Waals surface area (Å²) in [4.78, 5) is 0. The van der Waals surface area contributed by atoms with E-state index in [2.05, 4.69) is 27.5 Å². The minimum Gasteiger partial charge on any atom is -0.384 e. The van der Waals surface area contributed by atoms with Crippen molar-refractivity contribution >= 4 is 33.4 Å². The molecule has 0 fully saturated rings. The molecular formula is C10H13BrFNS. The SMILES string of the molecule is CSCCNc1cc(Br)c(F)cc1C. The van der Waals surface area contributed by atoms with Crippen molar-refractivity contribution in [3.8, 4) is 0 Å². The van der Waals surface area contributed by atoms with Crippen LogP contribution in [-0.4, -0.2) is 18.6 Å². The second-order valence-corrected chi connectivity index (χ2v) is 4.84. The minimum atomic E-state index is -0.210. The molecule has 0 saturated heterocycles. The number of nitrogens with one attached hydrogen (secondary N) is 1. The normalized spacial score (nSPS) is 10.3. The predicted molar refractivity (Wildman–Crippen MR) is 65.7 cm³/mol. The number of rotatable bonds is 4. The molecule has 0 amide bonds. The summed E-state index contributed by atoms with van der Waals surface area (Å²) in [6, 6.07) is 3.32. The molecule has 0 heterocycles. The summed E-state index contributed by atoms with van der Waals surface area (Å²) in [7, 11) is 0. The molecule has 0 saturated carbocycles. The third-order valence-corrected chi connectivity index (χ3v) is 3.11. The Bertz CT molecular complexity index is 317. The standard InChI is InChI=1S/C10H13BrFNS/c1-7-5-9(12)8(11)6-10(7)13-3-4-14-2/h5-6,13H,3-4H2,1-2H3. The fourth-order valence-electron chi connectivity index (χ4n) is 1.12. The highest BCUT2D eigenvalue weighted by atomic mass is 79.9. The van der Waals surface area contributed by atoms with Crippen LogP contribution in [0.25, 0.3) is 0 Å². The molecular weight excluding hydrogens is 265 g/mol. The lowest BCUT2D eigenvalue weighted by molar-refractivity contribution is 0.620. The zero-order chi connectivity index (χ0) is 10.6. The summed E-state index contributed by atoms with van der Waals surface area (Å²) in [6.45, 7) is 2.80. The molecule has 78 valence electrons. The molecule has 0 aromatic heterocycles. The first-order chi connectivity index (χ1) is 6.65. The molecule has 0 bridgehead atoms. The van der Waals surface area contributed by atoms with Crippen molar-refractivity contribution in [1.82, 2.24) is 0 Å². The van der Waals surface area contributed by atoms with Crippen LogP contribution in [0.15, 0.2) is 16.6 Å². The lowest BCUT2D eigenvalue weighted by Gasteiger charge is -2.09. The van der Waals surface area contributed by atoms with Crippen molar-refractivity contribution in [2.24, 2.45) is 0 Å². The zero-order valence-electron chi connectivity index (χ0n) is 8.23. The van der Waals surface area contributed by atoms with Gasteiger partial charge in [-0.05, 0) is 46.8 Å². The van der Waals surface area contributed by atoms with Crippen LogP contribution < -0.4 is 5.32 Å². The second-order valence-electron chi connectivity index (χ2n) is 3.00. The van der Waals surface area contributed by atoms with E-state index in [0.717, 1.165) is 23.5 Å². The first kappa shape index (κ1) is 11.9. The van der Waals surface area contributed by atoms with Gasteiger partial charge in [-0.15, -0.1) is 0 Å². The summed E-state index contributed by atoms with van der Waals surface area (Å²) in [6.07, 6.45) is 2.06. The topological polar surface area (TPSA) is 12.0 Å². The van der Waals surface area contributed by atoms with E-state index in [1.807, 2.05) is 6.92 Å². The number of thioether (sulfide) groups is 1. The third kappa shape index (κ3) is 3.17. The average Bonchev–Trinajstić information content (AvgIpc) is 2.14. The summed E-state index contributed by atoms with van der Waals surface area (Å²) < 4.78 is 13.6. The Kier molecular flexibility index (Phi) is 4.75. The van der Waals surface area contributed by atoms with Gasteiger partial charge in [0.1, 0.15) is 5.82 Å². The van der Waals surface area contributed by atoms with E-state index in [9.17, 15) is 4.39 Å². The molecule has 1 nitrogen and oxygen atoms in total. The molecule has 14 heavy (non-hydrogen) atoms. The molecule has 1 N–H and O–H groups in total. The molecule has 0 spiro atoms. The maximum atomic E-state index is 13.1. The molecule has 0 aliphatic carbocycles. The van der Waals surface area contributed by atoms with Crippen LogP contribution in [0.4, 0.5) is 10.1 Å². The van der Waals surface area contributed by atoms with Crippen LogP contribution >= 0.6 is 27.7 Å². The van der Waals surface area contributed by atoms with Gasteiger partial charge in [0.05, 0.1) is 4.47 Å².